The Morgan fingerprint density at radius 3 is 1.93 bits per heavy atom. The minimum absolute atomic E-state index is 0.788. The van der Waals surface area contributed by atoms with Gasteiger partial charge in [0.2, 0.25) is 0 Å². The molecule has 0 fully saturated rings. The molecular formula is C12H12N2. The summed E-state index contributed by atoms with van der Waals surface area (Å²) < 4.78 is 0. The molecule has 0 aliphatic heterocycles. The van der Waals surface area contributed by atoms with Crippen molar-refractivity contribution in [3.05, 3.63) is 47.8 Å². The Labute approximate surface area is 83.7 Å². The molecule has 2 aromatic rings. The van der Waals surface area contributed by atoms with E-state index in [0.29, 0.717) is 0 Å². The second-order valence-electron chi connectivity index (χ2n) is 3.45. The van der Waals surface area contributed by atoms with E-state index in [1.165, 1.54) is 5.56 Å². The third kappa shape index (κ3) is 1.79. The van der Waals surface area contributed by atoms with Crippen molar-refractivity contribution in [1.82, 2.24) is 9.97 Å². The van der Waals surface area contributed by atoms with E-state index in [9.17, 15) is 0 Å². The van der Waals surface area contributed by atoms with Crippen molar-refractivity contribution in [1.29, 1.82) is 0 Å². The van der Waals surface area contributed by atoms with Gasteiger partial charge in [-0.25, -0.2) is 9.97 Å². The van der Waals surface area contributed by atoms with Crippen LogP contribution in [0.15, 0.2) is 36.7 Å². The molecule has 1 heterocycles. The Morgan fingerprint density at radius 2 is 1.36 bits per heavy atom. The largest absolute Gasteiger partial charge is 0.236 e. The average Bonchev–Trinajstić information content (AvgIpc) is 2.21. The summed E-state index contributed by atoms with van der Waals surface area (Å²) in [6, 6.07) is 8.22. The Balaban J connectivity index is 2.40. The van der Waals surface area contributed by atoms with Crippen LogP contribution in [-0.2, 0) is 0 Å². The van der Waals surface area contributed by atoms with Crippen LogP contribution in [0.3, 0.4) is 0 Å². The number of hydrogen-bond acceptors (Lipinski definition) is 2. The first-order valence-corrected chi connectivity index (χ1v) is 4.61. The maximum Gasteiger partial charge on any atom is 0.159 e. The highest BCUT2D eigenvalue weighted by atomic mass is 14.9. The van der Waals surface area contributed by atoms with Crippen molar-refractivity contribution in [2.24, 2.45) is 0 Å². The van der Waals surface area contributed by atoms with E-state index >= 15 is 0 Å². The summed E-state index contributed by atoms with van der Waals surface area (Å²) in [5.41, 5.74) is 3.40. The number of hydrogen-bond donors (Lipinski definition) is 0. The number of nitrogens with zero attached hydrogens (tertiary/aromatic N) is 2. The molecular weight excluding hydrogens is 172 g/mol. The molecule has 70 valence electrons. The first kappa shape index (κ1) is 8.88. The van der Waals surface area contributed by atoms with Crippen molar-refractivity contribution in [3.63, 3.8) is 0 Å². The first-order chi connectivity index (χ1) is 6.75. The zero-order valence-electron chi connectivity index (χ0n) is 8.36. The molecule has 0 saturated heterocycles. The molecule has 0 radical (unpaired) electrons. The standard InChI is InChI=1S/C12H12N2/c1-9-3-5-11(6-4-9)12-13-7-10(2)8-14-12/h3-8H,1-2H3. The molecule has 14 heavy (non-hydrogen) atoms. The number of aromatic nitrogens is 2. The van der Waals surface area contributed by atoms with Gasteiger partial charge in [-0.3, -0.25) is 0 Å². The van der Waals surface area contributed by atoms with E-state index in [2.05, 4.69) is 29.0 Å². The van der Waals surface area contributed by atoms with Gasteiger partial charge in [-0.05, 0) is 19.4 Å². The monoisotopic (exact) mass is 184 g/mol. The van der Waals surface area contributed by atoms with Crippen LogP contribution in [0.5, 0.6) is 0 Å². The lowest BCUT2D eigenvalue weighted by atomic mass is 10.1. The van der Waals surface area contributed by atoms with Crippen molar-refractivity contribution in [2.45, 2.75) is 13.8 Å². The van der Waals surface area contributed by atoms with E-state index in [-0.39, 0.29) is 0 Å². The highest BCUT2D eigenvalue weighted by Crippen LogP contribution is 2.14. The highest BCUT2D eigenvalue weighted by Gasteiger charge is 1.98. The zero-order chi connectivity index (χ0) is 9.97. The summed E-state index contributed by atoms with van der Waals surface area (Å²) in [5.74, 6) is 0.788. The van der Waals surface area contributed by atoms with Gasteiger partial charge >= 0.3 is 0 Å². The van der Waals surface area contributed by atoms with Crippen molar-refractivity contribution in [2.75, 3.05) is 0 Å². The van der Waals surface area contributed by atoms with Gasteiger partial charge in [-0.15, -0.1) is 0 Å². The van der Waals surface area contributed by atoms with Gasteiger partial charge in [0.1, 0.15) is 0 Å². The Morgan fingerprint density at radius 1 is 0.786 bits per heavy atom. The summed E-state index contributed by atoms with van der Waals surface area (Å²) >= 11 is 0. The van der Waals surface area contributed by atoms with Crippen LogP contribution in [0.4, 0.5) is 0 Å². The second-order valence-corrected chi connectivity index (χ2v) is 3.45. The van der Waals surface area contributed by atoms with Gasteiger partial charge in [0, 0.05) is 18.0 Å². The highest BCUT2D eigenvalue weighted by molar-refractivity contribution is 5.54. The van der Waals surface area contributed by atoms with E-state index in [0.717, 1.165) is 17.0 Å². The van der Waals surface area contributed by atoms with Crippen LogP contribution in [0.1, 0.15) is 11.1 Å². The van der Waals surface area contributed by atoms with Crippen LogP contribution in [-0.4, -0.2) is 9.97 Å². The maximum atomic E-state index is 4.27. The SMILES string of the molecule is Cc1ccc(-c2ncc(C)cn2)cc1. The lowest BCUT2D eigenvalue weighted by Crippen LogP contribution is -1.88. The molecule has 2 heteroatoms. The molecule has 0 aliphatic carbocycles. The Hall–Kier alpha value is -1.70. The Kier molecular flexibility index (Phi) is 2.27. The lowest BCUT2D eigenvalue weighted by Gasteiger charge is -2.00. The molecule has 2 nitrogen and oxygen atoms in total. The zero-order valence-corrected chi connectivity index (χ0v) is 8.36. The van der Waals surface area contributed by atoms with Crippen molar-refractivity contribution >= 4 is 0 Å². The molecule has 2 rings (SSSR count). The smallest absolute Gasteiger partial charge is 0.159 e. The van der Waals surface area contributed by atoms with Gasteiger partial charge in [0.25, 0.3) is 0 Å². The maximum absolute atomic E-state index is 4.27. The number of benzene rings is 1. The second kappa shape index (κ2) is 3.58. The summed E-state index contributed by atoms with van der Waals surface area (Å²) in [4.78, 5) is 8.53. The molecule has 0 amide bonds. The topological polar surface area (TPSA) is 25.8 Å². The third-order valence-electron chi connectivity index (χ3n) is 2.09. The predicted molar refractivity (Wildman–Crippen MR) is 56.9 cm³/mol. The van der Waals surface area contributed by atoms with Gasteiger partial charge in [0.05, 0.1) is 0 Å². The Bertz CT molecular complexity index is 372. The van der Waals surface area contributed by atoms with Crippen LogP contribution in [0, 0.1) is 13.8 Å². The molecule has 0 unspecified atom stereocenters. The summed E-state index contributed by atoms with van der Waals surface area (Å²) in [6.07, 6.45) is 3.67. The normalized spacial score (nSPS) is 10.1. The summed E-state index contributed by atoms with van der Waals surface area (Å²) in [6.45, 7) is 4.05. The molecule has 0 aliphatic rings. The van der Waals surface area contributed by atoms with E-state index in [1.807, 2.05) is 31.5 Å². The lowest BCUT2D eigenvalue weighted by molar-refractivity contribution is 1.14. The van der Waals surface area contributed by atoms with Gasteiger partial charge in [-0.2, -0.15) is 0 Å². The molecule has 0 atom stereocenters. The molecule has 0 bridgehead atoms. The van der Waals surface area contributed by atoms with Crippen LogP contribution < -0.4 is 0 Å². The van der Waals surface area contributed by atoms with Crippen LogP contribution >= 0.6 is 0 Å². The van der Waals surface area contributed by atoms with E-state index in [1.54, 1.807) is 0 Å². The minimum atomic E-state index is 0.788. The van der Waals surface area contributed by atoms with Crippen molar-refractivity contribution in [3.8, 4) is 11.4 Å². The molecule has 1 aromatic carbocycles. The van der Waals surface area contributed by atoms with Crippen LogP contribution in [0.25, 0.3) is 11.4 Å². The van der Waals surface area contributed by atoms with Crippen molar-refractivity contribution < 1.29 is 0 Å². The average molecular weight is 184 g/mol. The van der Waals surface area contributed by atoms with Crippen LogP contribution in [0.2, 0.25) is 0 Å². The molecule has 0 spiro atoms. The predicted octanol–water partition coefficient (Wildman–Crippen LogP) is 2.76. The molecule has 0 N–H and O–H groups in total. The summed E-state index contributed by atoms with van der Waals surface area (Å²) in [5, 5.41) is 0. The fourth-order valence-electron chi connectivity index (χ4n) is 1.24. The number of rotatable bonds is 1. The van der Waals surface area contributed by atoms with E-state index in [4.69, 9.17) is 0 Å². The van der Waals surface area contributed by atoms with Gasteiger partial charge in [0.15, 0.2) is 5.82 Å². The fraction of sp³-hybridized carbons (Fsp3) is 0.167. The molecule has 0 saturated carbocycles. The van der Waals surface area contributed by atoms with E-state index < -0.39 is 0 Å². The fourth-order valence-corrected chi connectivity index (χ4v) is 1.24. The van der Waals surface area contributed by atoms with Gasteiger partial charge < -0.3 is 0 Å². The first-order valence-electron chi connectivity index (χ1n) is 4.61. The molecule has 1 aromatic heterocycles. The van der Waals surface area contributed by atoms with Gasteiger partial charge in [-0.1, -0.05) is 29.8 Å². The number of aryl methyl sites for hydroxylation is 2. The summed E-state index contributed by atoms with van der Waals surface area (Å²) in [7, 11) is 0. The third-order valence-corrected chi connectivity index (χ3v) is 2.09. The quantitative estimate of drug-likeness (QED) is 0.681. The minimum Gasteiger partial charge on any atom is -0.236 e.